The highest BCUT2D eigenvalue weighted by Crippen LogP contribution is 2.14. The maximum atomic E-state index is 5.48. The summed E-state index contributed by atoms with van der Waals surface area (Å²) in [6, 6.07) is 1.56. The molecule has 0 bridgehead atoms. The van der Waals surface area contributed by atoms with Crippen LogP contribution in [0.3, 0.4) is 0 Å². The molecule has 0 unspecified atom stereocenters. The van der Waals surface area contributed by atoms with E-state index in [1.54, 1.807) is 6.07 Å². The summed E-state index contributed by atoms with van der Waals surface area (Å²) < 4.78 is 0.590. The molecule has 0 aliphatic heterocycles. The van der Waals surface area contributed by atoms with Crippen LogP contribution in [0.1, 0.15) is 0 Å². The topological polar surface area (TPSA) is 25.8 Å². The molecule has 0 saturated heterocycles. The third-order valence-electron chi connectivity index (χ3n) is 0.636. The van der Waals surface area contributed by atoms with Gasteiger partial charge in [-0.1, -0.05) is 11.6 Å². The van der Waals surface area contributed by atoms with Crippen LogP contribution in [-0.4, -0.2) is 9.97 Å². The first-order valence-electron chi connectivity index (χ1n) is 2.04. The standard InChI is InChI=1S/C4HBrCl2N2/c5-2-1-3(6)9-4(7)8-2/h1H. The molecule has 1 aromatic heterocycles. The molecule has 1 heterocycles. The van der Waals surface area contributed by atoms with Crippen molar-refractivity contribution < 1.29 is 0 Å². The van der Waals surface area contributed by atoms with Crippen LogP contribution in [0.5, 0.6) is 0 Å². The van der Waals surface area contributed by atoms with Crippen molar-refractivity contribution in [2.24, 2.45) is 0 Å². The second-order valence-corrected chi connectivity index (χ2v) is 2.82. The zero-order chi connectivity index (χ0) is 6.85. The summed E-state index contributed by atoms with van der Waals surface area (Å²) in [7, 11) is 0. The van der Waals surface area contributed by atoms with Gasteiger partial charge in [0.2, 0.25) is 5.28 Å². The van der Waals surface area contributed by atoms with E-state index in [4.69, 9.17) is 23.2 Å². The molecule has 0 aliphatic rings. The Labute approximate surface area is 70.3 Å². The average Bonchev–Trinajstić information content (AvgIpc) is 1.59. The summed E-state index contributed by atoms with van der Waals surface area (Å²) in [6.45, 7) is 0. The summed E-state index contributed by atoms with van der Waals surface area (Å²) in [5, 5.41) is 0.483. The number of hydrogen-bond donors (Lipinski definition) is 0. The Bertz CT molecular complexity index is 177. The Balaban J connectivity index is 3.17. The van der Waals surface area contributed by atoms with E-state index < -0.39 is 0 Å². The lowest BCUT2D eigenvalue weighted by atomic mass is 10.7. The molecular formula is C4HBrCl2N2. The van der Waals surface area contributed by atoms with Crippen molar-refractivity contribution >= 4 is 39.1 Å². The molecule has 0 atom stereocenters. The normalized spacial score (nSPS) is 9.67. The number of nitrogens with zero attached hydrogens (tertiary/aromatic N) is 2. The smallest absolute Gasteiger partial charge is 0.211 e. The van der Waals surface area contributed by atoms with E-state index in [2.05, 4.69) is 25.9 Å². The summed E-state index contributed by atoms with van der Waals surface area (Å²) in [4.78, 5) is 7.35. The predicted octanol–water partition coefficient (Wildman–Crippen LogP) is 2.55. The van der Waals surface area contributed by atoms with Crippen LogP contribution in [-0.2, 0) is 0 Å². The van der Waals surface area contributed by atoms with Gasteiger partial charge in [-0.3, -0.25) is 0 Å². The van der Waals surface area contributed by atoms with E-state index in [-0.39, 0.29) is 5.28 Å². The minimum absolute atomic E-state index is 0.148. The average molecular weight is 228 g/mol. The van der Waals surface area contributed by atoms with Gasteiger partial charge in [0.1, 0.15) is 9.76 Å². The second-order valence-electron chi connectivity index (χ2n) is 1.28. The fraction of sp³-hybridized carbons (Fsp3) is 0. The Morgan fingerprint density at radius 2 is 2.00 bits per heavy atom. The second kappa shape index (κ2) is 2.82. The molecule has 0 aromatic carbocycles. The predicted molar refractivity (Wildman–Crippen MR) is 39.8 cm³/mol. The van der Waals surface area contributed by atoms with Crippen molar-refractivity contribution in [3.8, 4) is 0 Å². The van der Waals surface area contributed by atoms with Crippen molar-refractivity contribution in [3.05, 3.63) is 21.1 Å². The Kier molecular flexibility index (Phi) is 2.27. The van der Waals surface area contributed by atoms with E-state index >= 15 is 0 Å². The van der Waals surface area contributed by atoms with Gasteiger partial charge in [-0.25, -0.2) is 9.97 Å². The Hall–Kier alpha value is 0.140. The molecule has 0 fully saturated rings. The quantitative estimate of drug-likeness (QED) is 0.503. The van der Waals surface area contributed by atoms with Crippen LogP contribution >= 0.6 is 39.1 Å². The number of hydrogen-bond acceptors (Lipinski definition) is 2. The molecule has 5 heteroatoms. The monoisotopic (exact) mass is 226 g/mol. The van der Waals surface area contributed by atoms with E-state index in [0.29, 0.717) is 9.76 Å². The first-order valence-corrected chi connectivity index (χ1v) is 3.59. The molecule has 0 N–H and O–H groups in total. The zero-order valence-electron chi connectivity index (χ0n) is 4.11. The molecule has 0 aliphatic carbocycles. The number of halogens is 3. The zero-order valence-corrected chi connectivity index (χ0v) is 7.20. The highest BCUT2D eigenvalue weighted by Gasteiger charge is 1.95. The van der Waals surface area contributed by atoms with Crippen molar-refractivity contribution in [1.29, 1.82) is 0 Å². The van der Waals surface area contributed by atoms with Gasteiger partial charge in [-0.15, -0.1) is 0 Å². The van der Waals surface area contributed by atoms with E-state index in [1.165, 1.54) is 0 Å². The molecule has 2 nitrogen and oxygen atoms in total. The van der Waals surface area contributed by atoms with Crippen LogP contribution in [0.2, 0.25) is 10.4 Å². The van der Waals surface area contributed by atoms with Gasteiger partial charge < -0.3 is 0 Å². The van der Waals surface area contributed by atoms with Crippen molar-refractivity contribution in [3.63, 3.8) is 0 Å². The van der Waals surface area contributed by atoms with E-state index in [9.17, 15) is 0 Å². The summed E-state index contributed by atoms with van der Waals surface area (Å²) in [5.41, 5.74) is 0. The maximum Gasteiger partial charge on any atom is 0.224 e. The highest BCUT2D eigenvalue weighted by atomic mass is 79.9. The van der Waals surface area contributed by atoms with Gasteiger partial charge in [-0.2, -0.15) is 0 Å². The molecule has 0 amide bonds. The van der Waals surface area contributed by atoms with Crippen LogP contribution < -0.4 is 0 Å². The first kappa shape index (κ1) is 7.25. The number of rotatable bonds is 0. The molecule has 0 radical (unpaired) electrons. The lowest BCUT2D eigenvalue weighted by Crippen LogP contribution is -1.81. The van der Waals surface area contributed by atoms with Crippen LogP contribution in [0, 0.1) is 0 Å². The largest absolute Gasteiger partial charge is 0.224 e. The molecule has 0 saturated carbocycles. The van der Waals surface area contributed by atoms with Crippen LogP contribution in [0.4, 0.5) is 0 Å². The van der Waals surface area contributed by atoms with Gasteiger partial charge in [0.05, 0.1) is 0 Å². The SMILES string of the molecule is Clc1cc(Br)nc(Cl)n1. The van der Waals surface area contributed by atoms with Crippen molar-refractivity contribution in [1.82, 2.24) is 9.97 Å². The Morgan fingerprint density at radius 3 is 2.44 bits per heavy atom. The molecule has 1 rings (SSSR count). The minimum atomic E-state index is 0.148. The number of aromatic nitrogens is 2. The lowest BCUT2D eigenvalue weighted by molar-refractivity contribution is 1.14. The summed E-state index contributed by atoms with van der Waals surface area (Å²) >= 11 is 14.0. The lowest BCUT2D eigenvalue weighted by Gasteiger charge is -1.90. The van der Waals surface area contributed by atoms with Gasteiger partial charge in [0.15, 0.2) is 0 Å². The third-order valence-corrected chi connectivity index (χ3v) is 1.41. The fourth-order valence-electron chi connectivity index (χ4n) is 0.364. The third kappa shape index (κ3) is 2.08. The van der Waals surface area contributed by atoms with Gasteiger partial charge in [-0.05, 0) is 27.5 Å². The first-order chi connectivity index (χ1) is 4.18. The van der Waals surface area contributed by atoms with Gasteiger partial charge in [0, 0.05) is 6.07 Å². The van der Waals surface area contributed by atoms with E-state index in [1.807, 2.05) is 0 Å². The van der Waals surface area contributed by atoms with Crippen LogP contribution in [0.15, 0.2) is 10.7 Å². The highest BCUT2D eigenvalue weighted by molar-refractivity contribution is 9.10. The minimum Gasteiger partial charge on any atom is -0.211 e. The molecular weight excluding hydrogens is 227 g/mol. The molecule has 48 valence electrons. The van der Waals surface area contributed by atoms with Crippen LogP contribution in [0.25, 0.3) is 0 Å². The van der Waals surface area contributed by atoms with Crippen molar-refractivity contribution in [2.45, 2.75) is 0 Å². The van der Waals surface area contributed by atoms with E-state index in [0.717, 1.165) is 0 Å². The summed E-state index contributed by atoms with van der Waals surface area (Å²) in [6.07, 6.45) is 0. The summed E-state index contributed by atoms with van der Waals surface area (Å²) in [5.74, 6) is 0. The Morgan fingerprint density at radius 1 is 1.33 bits per heavy atom. The molecule has 1 aromatic rings. The van der Waals surface area contributed by atoms with Gasteiger partial charge >= 0.3 is 0 Å². The fourth-order valence-corrected chi connectivity index (χ4v) is 1.39. The molecule has 9 heavy (non-hydrogen) atoms. The molecule has 0 spiro atoms. The maximum absolute atomic E-state index is 5.48. The van der Waals surface area contributed by atoms with Crippen molar-refractivity contribution in [2.75, 3.05) is 0 Å². The van der Waals surface area contributed by atoms with Gasteiger partial charge in [0.25, 0.3) is 0 Å².